The summed E-state index contributed by atoms with van der Waals surface area (Å²) in [5.74, 6) is 1.36. The van der Waals surface area contributed by atoms with E-state index in [2.05, 4.69) is 22.3 Å². The summed E-state index contributed by atoms with van der Waals surface area (Å²) in [7, 11) is 1.62. The molecule has 34 heavy (non-hydrogen) atoms. The summed E-state index contributed by atoms with van der Waals surface area (Å²) in [6, 6.07) is 25.7. The van der Waals surface area contributed by atoms with Crippen LogP contribution < -0.4 is 10.2 Å². The third-order valence-corrected chi connectivity index (χ3v) is 5.66. The summed E-state index contributed by atoms with van der Waals surface area (Å²) >= 11 is 6.30. The molecule has 0 radical (unpaired) electrons. The number of fused-ring (bicyclic) bond motifs is 1. The van der Waals surface area contributed by atoms with Gasteiger partial charge in [-0.2, -0.15) is 0 Å². The van der Waals surface area contributed by atoms with Gasteiger partial charge in [-0.05, 0) is 23.8 Å². The molecule has 174 valence electrons. The second-order valence-corrected chi connectivity index (χ2v) is 8.33. The lowest BCUT2D eigenvalue weighted by Gasteiger charge is -2.25. The Hall–Kier alpha value is -3.48. The molecular weight excluding hydrogens is 448 g/mol. The van der Waals surface area contributed by atoms with Crippen LogP contribution in [0.15, 0.2) is 78.9 Å². The van der Waals surface area contributed by atoms with Gasteiger partial charge in [-0.3, -0.25) is 4.79 Å². The van der Waals surface area contributed by atoms with Crippen LogP contribution in [0.2, 0.25) is 5.02 Å². The molecule has 0 saturated heterocycles. The Balaban J connectivity index is 1.73. The van der Waals surface area contributed by atoms with Gasteiger partial charge >= 0.3 is 0 Å². The Morgan fingerprint density at radius 1 is 1.00 bits per heavy atom. The fourth-order valence-corrected chi connectivity index (χ4v) is 3.89. The molecule has 0 atom stereocenters. The molecule has 4 aromatic rings. The van der Waals surface area contributed by atoms with Crippen LogP contribution in [0.1, 0.15) is 12.0 Å². The number of methoxy groups -OCH3 is 1. The van der Waals surface area contributed by atoms with E-state index < -0.39 is 0 Å². The van der Waals surface area contributed by atoms with Crippen molar-refractivity contribution < 1.29 is 9.53 Å². The molecule has 0 saturated carbocycles. The molecule has 0 spiro atoms. The van der Waals surface area contributed by atoms with Crippen molar-refractivity contribution in [3.63, 3.8) is 0 Å². The highest BCUT2D eigenvalue weighted by Crippen LogP contribution is 2.30. The number of benzene rings is 3. The molecule has 0 fully saturated rings. The summed E-state index contributed by atoms with van der Waals surface area (Å²) in [5, 5.41) is 4.40. The molecule has 6 nitrogen and oxygen atoms in total. The van der Waals surface area contributed by atoms with E-state index in [0.29, 0.717) is 43.5 Å². The van der Waals surface area contributed by atoms with Crippen LogP contribution in [0, 0.1) is 0 Å². The van der Waals surface area contributed by atoms with Gasteiger partial charge in [0.05, 0.1) is 12.1 Å². The van der Waals surface area contributed by atoms with Crippen molar-refractivity contribution in [2.75, 3.05) is 31.7 Å². The Morgan fingerprint density at radius 3 is 2.47 bits per heavy atom. The van der Waals surface area contributed by atoms with Crippen molar-refractivity contribution in [3.8, 4) is 11.4 Å². The maximum atomic E-state index is 12.5. The number of amides is 1. The molecule has 1 aromatic heterocycles. The lowest BCUT2D eigenvalue weighted by molar-refractivity contribution is -0.121. The van der Waals surface area contributed by atoms with E-state index in [9.17, 15) is 4.79 Å². The van der Waals surface area contributed by atoms with Crippen molar-refractivity contribution in [1.82, 2.24) is 15.3 Å². The number of nitrogens with zero attached hydrogens (tertiary/aromatic N) is 3. The first kappa shape index (κ1) is 23.7. The number of carbonyl (C=O) groups is 1. The minimum Gasteiger partial charge on any atom is -0.383 e. The number of hydrogen-bond donors (Lipinski definition) is 1. The molecule has 3 aromatic carbocycles. The van der Waals surface area contributed by atoms with E-state index >= 15 is 0 Å². The first-order valence-electron chi connectivity index (χ1n) is 11.2. The van der Waals surface area contributed by atoms with Gasteiger partial charge in [0, 0.05) is 49.1 Å². The molecule has 0 aliphatic carbocycles. The van der Waals surface area contributed by atoms with Crippen LogP contribution in [0.4, 0.5) is 5.82 Å². The maximum Gasteiger partial charge on any atom is 0.221 e. The van der Waals surface area contributed by atoms with Crippen molar-refractivity contribution in [3.05, 3.63) is 89.4 Å². The van der Waals surface area contributed by atoms with Gasteiger partial charge < -0.3 is 15.0 Å². The van der Waals surface area contributed by atoms with Crippen LogP contribution >= 0.6 is 11.6 Å². The topological polar surface area (TPSA) is 67.3 Å². The van der Waals surface area contributed by atoms with Gasteiger partial charge in [-0.15, -0.1) is 0 Å². The zero-order valence-corrected chi connectivity index (χ0v) is 19.8. The average molecular weight is 475 g/mol. The first-order chi connectivity index (χ1) is 16.6. The molecule has 0 aliphatic heterocycles. The number of rotatable bonds is 10. The summed E-state index contributed by atoms with van der Waals surface area (Å²) in [5.41, 5.74) is 2.81. The number of nitrogens with one attached hydrogen (secondary N) is 1. The molecule has 1 N–H and O–H groups in total. The van der Waals surface area contributed by atoms with E-state index in [4.69, 9.17) is 26.3 Å². The highest BCUT2D eigenvalue weighted by molar-refractivity contribution is 6.31. The predicted octanol–water partition coefficient (Wildman–Crippen LogP) is 5.11. The first-order valence-corrected chi connectivity index (χ1v) is 11.6. The number of hydrogen-bond acceptors (Lipinski definition) is 5. The summed E-state index contributed by atoms with van der Waals surface area (Å²) < 4.78 is 5.03. The monoisotopic (exact) mass is 474 g/mol. The quantitative estimate of drug-likeness (QED) is 0.323. The Kier molecular flexibility index (Phi) is 8.07. The second-order valence-electron chi connectivity index (χ2n) is 7.90. The van der Waals surface area contributed by atoms with Crippen molar-refractivity contribution in [2.24, 2.45) is 0 Å². The standard InChI is InChI=1S/C27H27ClN4O2/c1-34-17-15-29-25(33)14-16-32(19-20-8-4-2-5-9-20)27-23-13-12-22(28)18-24(23)30-26(31-27)21-10-6-3-7-11-21/h2-13,18H,14-17,19H2,1H3,(H,29,33). The van der Waals surface area contributed by atoms with E-state index in [1.54, 1.807) is 7.11 Å². The summed E-state index contributed by atoms with van der Waals surface area (Å²) in [6.07, 6.45) is 0.330. The SMILES string of the molecule is COCCNC(=O)CCN(Cc1ccccc1)c1nc(-c2ccccc2)nc2cc(Cl)ccc12. The minimum atomic E-state index is -0.0280. The molecule has 1 amide bonds. The molecule has 0 unspecified atom stereocenters. The maximum absolute atomic E-state index is 12.5. The average Bonchev–Trinajstić information content (AvgIpc) is 2.87. The third kappa shape index (κ3) is 6.10. The lowest BCUT2D eigenvalue weighted by atomic mass is 10.1. The van der Waals surface area contributed by atoms with Crippen molar-refractivity contribution in [1.29, 1.82) is 0 Å². The highest BCUT2D eigenvalue weighted by Gasteiger charge is 2.18. The zero-order chi connectivity index (χ0) is 23.8. The molecule has 1 heterocycles. The fourth-order valence-electron chi connectivity index (χ4n) is 3.72. The third-order valence-electron chi connectivity index (χ3n) is 5.42. The van der Waals surface area contributed by atoms with Gasteiger partial charge in [0.15, 0.2) is 5.82 Å². The van der Waals surface area contributed by atoms with E-state index in [1.165, 1.54) is 0 Å². The molecule has 0 bridgehead atoms. The molecule has 0 aliphatic rings. The van der Waals surface area contributed by atoms with Gasteiger partial charge in [0.1, 0.15) is 5.82 Å². The zero-order valence-electron chi connectivity index (χ0n) is 19.1. The van der Waals surface area contributed by atoms with E-state index in [-0.39, 0.29) is 5.91 Å². The molecule has 7 heteroatoms. The van der Waals surface area contributed by atoms with Gasteiger partial charge in [0.2, 0.25) is 5.91 Å². The van der Waals surface area contributed by atoms with Crippen LogP contribution in [0.3, 0.4) is 0 Å². The Labute approximate surface area is 204 Å². The van der Waals surface area contributed by atoms with Gasteiger partial charge in [-0.1, -0.05) is 72.3 Å². The molecular formula is C27H27ClN4O2. The van der Waals surface area contributed by atoms with Crippen LogP contribution in [0.25, 0.3) is 22.3 Å². The number of carbonyl (C=O) groups excluding carboxylic acids is 1. The lowest BCUT2D eigenvalue weighted by Crippen LogP contribution is -2.32. The second kappa shape index (κ2) is 11.6. The highest BCUT2D eigenvalue weighted by atomic mass is 35.5. The predicted molar refractivity (Wildman–Crippen MR) is 137 cm³/mol. The summed E-state index contributed by atoms with van der Waals surface area (Å²) in [6.45, 7) is 2.07. The van der Waals surface area contributed by atoms with Crippen LogP contribution in [-0.2, 0) is 16.1 Å². The normalized spacial score (nSPS) is 10.9. The van der Waals surface area contributed by atoms with Crippen molar-refractivity contribution in [2.45, 2.75) is 13.0 Å². The number of halogens is 1. The largest absolute Gasteiger partial charge is 0.383 e. The Bertz CT molecular complexity index is 1240. The van der Waals surface area contributed by atoms with Crippen LogP contribution in [0.5, 0.6) is 0 Å². The fraction of sp³-hybridized carbons (Fsp3) is 0.222. The van der Waals surface area contributed by atoms with Crippen molar-refractivity contribution >= 4 is 34.2 Å². The van der Waals surface area contributed by atoms with Gasteiger partial charge in [0.25, 0.3) is 0 Å². The smallest absolute Gasteiger partial charge is 0.221 e. The van der Waals surface area contributed by atoms with Gasteiger partial charge in [-0.25, -0.2) is 9.97 Å². The minimum absolute atomic E-state index is 0.0280. The van der Waals surface area contributed by atoms with E-state index in [1.807, 2.05) is 66.7 Å². The number of anilines is 1. The Morgan fingerprint density at radius 2 is 1.74 bits per heavy atom. The number of ether oxygens (including phenoxy) is 1. The summed E-state index contributed by atoms with van der Waals surface area (Å²) in [4.78, 5) is 24.4. The number of aromatic nitrogens is 2. The molecule has 4 rings (SSSR count). The van der Waals surface area contributed by atoms with Crippen LogP contribution in [-0.4, -0.2) is 42.7 Å². The van der Waals surface area contributed by atoms with E-state index in [0.717, 1.165) is 27.8 Å².